The number of carbonyl (C=O) groups excluding carboxylic acids is 1. The first kappa shape index (κ1) is 24.2. The van der Waals surface area contributed by atoms with Gasteiger partial charge in [0.2, 0.25) is 0 Å². The first-order valence-electron chi connectivity index (χ1n) is 12.0. The normalized spacial score (nSPS) is 18.4. The van der Waals surface area contributed by atoms with Crippen molar-refractivity contribution in [2.45, 2.75) is 76.0 Å². The molecule has 2 saturated carbocycles. The van der Waals surface area contributed by atoms with Gasteiger partial charge < -0.3 is 9.47 Å². The predicted octanol–water partition coefficient (Wildman–Crippen LogP) is 7.59. The third kappa shape index (κ3) is 6.14. The number of benzene rings is 2. The van der Waals surface area contributed by atoms with E-state index < -0.39 is 23.3 Å². The molecule has 0 saturated heterocycles. The highest BCUT2D eigenvalue weighted by Crippen LogP contribution is 2.41. The number of rotatable bonds is 4. The van der Waals surface area contributed by atoms with E-state index in [-0.39, 0.29) is 17.2 Å². The van der Waals surface area contributed by atoms with Crippen molar-refractivity contribution >= 4 is 5.97 Å². The molecule has 2 aliphatic rings. The van der Waals surface area contributed by atoms with Crippen molar-refractivity contribution < 1.29 is 27.4 Å². The molecule has 0 radical (unpaired) electrons. The zero-order chi connectivity index (χ0) is 24.0. The van der Waals surface area contributed by atoms with Gasteiger partial charge in [0.1, 0.15) is 11.5 Å². The standard InChI is InChI=1S/C28H29F3O3/c29-28(30,31)24-15-14-22(26(32)33-23-12-6-2-7-13-23)20-25(24)34-27(17-8-3-9-18-27)19-16-21-10-4-1-5-11-21/h2,6-7,12-15,20-21H,1,3-5,8-11,17-18H2. The van der Waals surface area contributed by atoms with E-state index in [2.05, 4.69) is 11.8 Å². The molecule has 0 spiro atoms. The van der Waals surface area contributed by atoms with E-state index in [0.29, 0.717) is 18.6 Å². The van der Waals surface area contributed by atoms with Crippen LogP contribution in [0.2, 0.25) is 0 Å². The number of ether oxygens (including phenoxy) is 2. The monoisotopic (exact) mass is 470 g/mol. The minimum Gasteiger partial charge on any atom is -0.474 e. The lowest BCUT2D eigenvalue weighted by atomic mass is 9.83. The first-order valence-corrected chi connectivity index (χ1v) is 12.0. The Hall–Kier alpha value is -2.94. The van der Waals surface area contributed by atoms with Crippen LogP contribution in [0.3, 0.4) is 0 Å². The second-order valence-corrected chi connectivity index (χ2v) is 9.17. The number of esters is 1. The molecule has 0 atom stereocenters. The van der Waals surface area contributed by atoms with Crippen LogP contribution < -0.4 is 9.47 Å². The van der Waals surface area contributed by atoms with Gasteiger partial charge in [-0.3, -0.25) is 0 Å². The summed E-state index contributed by atoms with van der Waals surface area (Å²) in [6.07, 6.45) is 4.75. The zero-order valence-corrected chi connectivity index (χ0v) is 19.1. The van der Waals surface area contributed by atoms with E-state index in [1.54, 1.807) is 30.3 Å². The van der Waals surface area contributed by atoms with E-state index in [9.17, 15) is 18.0 Å². The van der Waals surface area contributed by atoms with E-state index in [1.807, 2.05) is 0 Å². The van der Waals surface area contributed by atoms with E-state index in [1.165, 1.54) is 6.42 Å². The Balaban J connectivity index is 1.64. The minimum absolute atomic E-state index is 0.00180. The molecule has 2 aromatic carbocycles. The SMILES string of the molecule is O=C(Oc1ccccc1)c1ccc(C(F)(F)F)c(OC2(C#CC3CCCCC3)CCCCC2)c1. The maximum absolute atomic E-state index is 13.9. The summed E-state index contributed by atoms with van der Waals surface area (Å²) < 4.78 is 53.0. The lowest BCUT2D eigenvalue weighted by Gasteiger charge is -2.34. The first-order chi connectivity index (χ1) is 16.3. The average Bonchev–Trinajstić information content (AvgIpc) is 2.84. The Morgan fingerprint density at radius 3 is 2.26 bits per heavy atom. The smallest absolute Gasteiger partial charge is 0.419 e. The van der Waals surface area contributed by atoms with Gasteiger partial charge in [0.15, 0.2) is 5.60 Å². The van der Waals surface area contributed by atoms with Gasteiger partial charge in [-0.1, -0.05) is 55.7 Å². The van der Waals surface area contributed by atoms with Crippen molar-refractivity contribution in [1.82, 2.24) is 0 Å². The molecule has 0 unspecified atom stereocenters. The van der Waals surface area contributed by atoms with Crippen molar-refractivity contribution in [3.05, 3.63) is 59.7 Å². The van der Waals surface area contributed by atoms with Crippen molar-refractivity contribution in [3.63, 3.8) is 0 Å². The van der Waals surface area contributed by atoms with Crippen LogP contribution in [0, 0.1) is 17.8 Å². The number of alkyl halides is 3. The molecule has 0 aromatic heterocycles. The van der Waals surface area contributed by atoms with Crippen LogP contribution in [0.4, 0.5) is 13.2 Å². The molecule has 0 aliphatic heterocycles. The van der Waals surface area contributed by atoms with E-state index in [0.717, 1.165) is 63.1 Å². The summed E-state index contributed by atoms with van der Waals surface area (Å²) >= 11 is 0. The predicted molar refractivity (Wildman–Crippen MR) is 124 cm³/mol. The van der Waals surface area contributed by atoms with Crippen molar-refractivity contribution in [1.29, 1.82) is 0 Å². The highest BCUT2D eigenvalue weighted by atomic mass is 19.4. The summed E-state index contributed by atoms with van der Waals surface area (Å²) in [7, 11) is 0. The molecule has 0 heterocycles. The highest BCUT2D eigenvalue weighted by Gasteiger charge is 2.39. The Labute approximate surface area is 198 Å². The summed E-state index contributed by atoms with van der Waals surface area (Å²) in [4.78, 5) is 12.6. The van der Waals surface area contributed by atoms with Crippen LogP contribution in [0.5, 0.6) is 11.5 Å². The molecule has 0 N–H and O–H groups in total. The van der Waals surface area contributed by atoms with Crippen LogP contribution in [0.1, 0.15) is 80.1 Å². The third-order valence-corrected chi connectivity index (χ3v) is 6.55. The summed E-state index contributed by atoms with van der Waals surface area (Å²) in [5, 5.41) is 0. The summed E-state index contributed by atoms with van der Waals surface area (Å²) in [5.74, 6) is 6.08. The molecular formula is C28H29F3O3. The van der Waals surface area contributed by atoms with Gasteiger partial charge in [-0.05, 0) is 68.9 Å². The third-order valence-electron chi connectivity index (χ3n) is 6.55. The molecule has 2 fully saturated rings. The molecule has 2 aliphatic carbocycles. The Morgan fingerprint density at radius 1 is 0.912 bits per heavy atom. The topological polar surface area (TPSA) is 35.5 Å². The van der Waals surface area contributed by atoms with Gasteiger partial charge in [-0.25, -0.2) is 4.79 Å². The highest BCUT2D eigenvalue weighted by molar-refractivity contribution is 5.91. The molecule has 4 rings (SSSR count). The van der Waals surface area contributed by atoms with Gasteiger partial charge in [0.25, 0.3) is 0 Å². The molecule has 34 heavy (non-hydrogen) atoms. The molecule has 3 nitrogen and oxygen atoms in total. The molecule has 6 heteroatoms. The van der Waals surface area contributed by atoms with E-state index >= 15 is 0 Å². The maximum atomic E-state index is 13.9. The van der Waals surface area contributed by atoms with Gasteiger partial charge in [0, 0.05) is 5.92 Å². The second kappa shape index (κ2) is 10.5. The molecule has 0 amide bonds. The van der Waals surface area contributed by atoms with Crippen LogP contribution >= 0.6 is 0 Å². The fourth-order valence-electron chi connectivity index (χ4n) is 4.69. The van der Waals surface area contributed by atoms with Crippen molar-refractivity contribution in [3.8, 4) is 23.3 Å². The molecule has 2 aromatic rings. The van der Waals surface area contributed by atoms with Gasteiger partial charge in [0.05, 0.1) is 11.1 Å². The van der Waals surface area contributed by atoms with Crippen LogP contribution in [-0.4, -0.2) is 11.6 Å². The molecule has 180 valence electrons. The van der Waals surface area contributed by atoms with Gasteiger partial charge in [-0.2, -0.15) is 13.2 Å². The lowest BCUT2D eigenvalue weighted by Crippen LogP contribution is -2.37. The fourth-order valence-corrected chi connectivity index (χ4v) is 4.69. The average molecular weight is 471 g/mol. The fraction of sp³-hybridized carbons (Fsp3) is 0.464. The van der Waals surface area contributed by atoms with Crippen molar-refractivity contribution in [2.24, 2.45) is 5.92 Å². The largest absolute Gasteiger partial charge is 0.474 e. The maximum Gasteiger partial charge on any atom is 0.419 e. The zero-order valence-electron chi connectivity index (χ0n) is 19.1. The Morgan fingerprint density at radius 2 is 1.59 bits per heavy atom. The molecular weight excluding hydrogens is 441 g/mol. The molecule has 0 bridgehead atoms. The number of carbonyl (C=O) groups is 1. The number of halogens is 3. The van der Waals surface area contributed by atoms with Crippen LogP contribution in [0.25, 0.3) is 0 Å². The van der Waals surface area contributed by atoms with E-state index in [4.69, 9.17) is 9.47 Å². The number of para-hydroxylation sites is 1. The van der Waals surface area contributed by atoms with Crippen molar-refractivity contribution in [2.75, 3.05) is 0 Å². The van der Waals surface area contributed by atoms with Crippen LogP contribution in [0.15, 0.2) is 48.5 Å². The second-order valence-electron chi connectivity index (χ2n) is 9.17. The summed E-state index contributed by atoms with van der Waals surface area (Å²) in [6, 6.07) is 11.6. The summed E-state index contributed by atoms with van der Waals surface area (Å²) in [5.41, 5.74) is -1.89. The Kier molecular flexibility index (Phi) is 7.50. The number of hydrogen-bond donors (Lipinski definition) is 0. The van der Waals surface area contributed by atoms with Gasteiger partial charge >= 0.3 is 12.1 Å². The quantitative estimate of drug-likeness (QED) is 0.262. The Bertz CT molecular complexity index is 1040. The lowest BCUT2D eigenvalue weighted by molar-refractivity contribution is -0.139. The summed E-state index contributed by atoms with van der Waals surface area (Å²) in [6.45, 7) is 0. The van der Waals surface area contributed by atoms with Crippen LogP contribution in [-0.2, 0) is 6.18 Å². The number of hydrogen-bond acceptors (Lipinski definition) is 3. The van der Waals surface area contributed by atoms with Gasteiger partial charge in [-0.15, -0.1) is 0 Å². The minimum atomic E-state index is -4.62.